The monoisotopic (exact) mass is 277 g/mol. The Hall–Kier alpha value is -1.62. The molecule has 2 N–H and O–H groups in total. The SMILES string of the molecule is CC(=O)N1CCN(c2cc(C)ccc2C(N)=S)CC1. The van der Waals surface area contributed by atoms with Gasteiger partial charge in [-0.15, -0.1) is 0 Å². The molecule has 0 atom stereocenters. The number of nitrogens with two attached hydrogens (primary N) is 1. The molecule has 1 heterocycles. The van der Waals surface area contributed by atoms with E-state index in [0.717, 1.165) is 37.4 Å². The molecule has 102 valence electrons. The van der Waals surface area contributed by atoms with Crippen LogP contribution in [0.2, 0.25) is 0 Å². The lowest BCUT2D eigenvalue weighted by Crippen LogP contribution is -2.48. The maximum atomic E-state index is 11.3. The molecule has 2 rings (SSSR count). The summed E-state index contributed by atoms with van der Waals surface area (Å²) in [5, 5.41) is 0. The Morgan fingerprint density at radius 2 is 1.89 bits per heavy atom. The van der Waals surface area contributed by atoms with Crippen molar-refractivity contribution < 1.29 is 4.79 Å². The van der Waals surface area contributed by atoms with Crippen LogP contribution in [0.3, 0.4) is 0 Å². The van der Waals surface area contributed by atoms with Crippen LogP contribution in [0.15, 0.2) is 18.2 Å². The topological polar surface area (TPSA) is 49.6 Å². The van der Waals surface area contributed by atoms with Gasteiger partial charge in [0.25, 0.3) is 0 Å². The summed E-state index contributed by atoms with van der Waals surface area (Å²) in [4.78, 5) is 15.9. The van der Waals surface area contributed by atoms with Crippen LogP contribution in [0.4, 0.5) is 5.69 Å². The molecular formula is C14H19N3OS. The third-order valence-corrected chi connectivity index (χ3v) is 3.70. The van der Waals surface area contributed by atoms with Crippen molar-refractivity contribution in [3.05, 3.63) is 29.3 Å². The largest absolute Gasteiger partial charge is 0.389 e. The highest BCUT2D eigenvalue weighted by Gasteiger charge is 2.21. The van der Waals surface area contributed by atoms with Crippen molar-refractivity contribution in [2.24, 2.45) is 5.73 Å². The van der Waals surface area contributed by atoms with E-state index in [-0.39, 0.29) is 5.91 Å². The molecule has 19 heavy (non-hydrogen) atoms. The summed E-state index contributed by atoms with van der Waals surface area (Å²) in [5.41, 5.74) is 8.96. The van der Waals surface area contributed by atoms with Crippen molar-refractivity contribution in [1.82, 2.24) is 4.90 Å². The number of rotatable bonds is 2. The Labute approximate surface area is 119 Å². The summed E-state index contributed by atoms with van der Waals surface area (Å²) < 4.78 is 0. The minimum absolute atomic E-state index is 0.137. The summed E-state index contributed by atoms with van der Waals surface area (Å²) in [6.07, 6.45) is 0. The molecule has 0 aromatic heterocycles. The highest BCUT2D eigenvalue weighted by molar-refractivity contribution is 7.80. The van der Waals surface area contributed by atoms with Gasteiger partial charge in [-0.2, -0.15) is 0 Å². The highest BCUT2D eigenvalue weighted by Crippen LogP contribution is 2.23. The molecule has 0 saturated carbocycles. The van der Waals surface area contributed by atoms with E-state index in [4.69, 9.17) is 18.0 Å². The van der Waals surface area contributed by atoms with E-state index in [9.17, 15) is 4.79 Å². The Kier molecular flexibility index (Phi) is 4.04. The fourth-order valence-electron chi connectivity index (χ4n) is 2.37. The second kappa shape index (κ2) is 5.57. The average Bonchev–Trinajstić information content (AvgIpc) is 2.38. The second-order valence-corrected chi connectivity index (χ2v) is 5.32. The number of aryl methyl sites for hydroxylation is 1. The number of benzene rings is 1. The van der Waals surface area contributed by atoms with Gasteiger partial charge in [-0.3, -0.25) is 4.79 Å². The quantitative estimate of drug-likeness (QED) is 0.828. The normalized spacial score (nSPS) is 15.5. The van der Waals surface area contributed by atoms with Crippen LogP contribution in [0.1, 0.15) is 18.1 Å². The zero-order valence-electron chi connectivity index (χ0n) is 11.3. The number of nitrogens with zero attached hydrogens (tertiary/aromatic N) is 2. The second-order valence-electron chi connectivity index (χ2n) is 4.88. The molecule has 0 aliphatic carbocycles. The molecule has 1 aliphatic heterocycles. The van der Waals surface area contributed by atoms with Crippen molar-refractivity contribution in [3.8, 4) is 0 Å². The van der Waals surface area contributed by atoms with Crippen molar-refractivity contribution in [3.63, 3.8) is 0 Å². The van der Waals surface area contributed by atoms with Crippen molar-refractivity contribution in [2.75, 3.05) is 31.1 Å². The van der Waals surface area contributed by atoms with Gasteiger partial charge in [-0.25, -0.2) is 0 Å². The number of hydrogen-bond acceptors (Lipinski definition) is 3. The predicted octanol–water partition coefficient (Wildman–Crippen LogP) is 1.30. The van der Waals surface area contributed by atoms with Crippen LogP contribution in [0.5, 0.6) is 0 Å². The van der Waals surface area contributed by atoms with Crippen LogP contribution < -0.4 is 10.6 Å². The molecule has 0 radical (unpaired) electrons. The van der Waals surface area contributed by atoms with Crippen LogP contribution in [-0.4, -0.2) is 42.0 Å². The van der Waals surface area contributed by atoms with Gasteiger partial charge in [-0.1, -0.05) is 18.3 Å². The van der Waals surface area contributed by atoms with E-state index >= 15 is 0 Å². The Morgan fingerprint density at radius 1 is 1.26 bits per heavy atom. The van der Waals surface area contributed by atoms with Gasteiger partial charge >= 0.3 is 0 Å². The summed E-state index contributed by atoms with van der Waals surface area (Å²) in [7, 11) is 0. The van der Waals surface area contributed by atoms with E-state index < -0.39 is 0 Å². The number of thiocarbonyl (C=S) groups is 1. The first-order chi connectivity index (χ1) is 8.99. The molecule has 1 aliphatic rings. The third kappa shape index (κ3) is 3.04. The van der Waals surface area contributed by atoms with Crippen molar-refractivity contribution >= 4 is 28.8 Å². The molecule has 0 unspecified atom stereocenters. The van der Waals surface area contributed by atoms with Gasteiger partial charge in [0.15, 0.2) is 0 Å². The Bertz CT molecular complexity index is 507. The molecule has 0 spiro atoms. The van der Waals surface area contributed by atoms with Gasteiger partial charge in [-0.05, 0) is 24.6 Å². The van der Waals surface area contributed by atoms with E-state index in [1.54, 1.807) is 6.92 Å². The van der Waals surface area contributed by atoms with E-state index in [2.05, 4.69) is 17.9 Å². The number of carbonyl (C=O) groups excluding carboxylic acids is 1. The first-order valence-corrected chi connectivity index (χ1v) is 6.81. The zero-order valence-corrected chi connectivity index (χ0v) is 12.2. The van der Waals surface area contributed by atoms with E-state index in [1.807, 2.05) is 17.0 Å². The minimum atomic E-state index is 0.137. The molecular weight excluding hydrogens is 258 g/mol. The van der Waals surface area contributed by atoms with Crippen LogP contribution in [0, 0.1) is 6.92 Å². The molecule has 1 aromatic rings. The molecule has 4 nitrogen and oxygen atoms in total. The van der Waals surface area contributed by atoms with Gasteiger partial charge in [0.05, 0.1) is 0 Å². The number of anilines is 1. The first-order valence-electron chi connectivity index (χ1n) is 6.40. The Morgan fingerprint density at radius 3 is 2.42 bits per heavy atom. The van der Waals surface area contributed by atoms with Crippen molar-refractivity contribution in [1.29, 1.82) is 0 Å². The molecule has 0 bridgehead atoms. The van der Waals surface area contributed by atoms with Gasteiger partial charge < -0.3 is 15.5 Å². The summed E-state index contributed by atoms with van der Waals surface area (Å²) in [6.45, 7) is 6.80. The molecule has 1 aromatic carbocycles. The smallest absolute Gasteiger partial charge is 0.219 e. The molecule has 1 saturated heterocycles. The fraction of sp³-hybridized carbons (Fsp3) is 0.429. The van der Waals surface area contributed by atoms with Crippen molar-refractivity contribution in [2.45, 2.75) is 13.8 Å². The molecule has 5 heteroatoms. The maximum Gasteiger partial charge on any atom is 0.219 e. The predicted molar refractivity (Wildman–Crippen MR) is 81.5 cm³/mol. The fourth-order valence-corrected chi connectivity index (χ4v) is 2.55. The average molecular weight is 277 g/mol. The lowest BCUT2D eigenvalue weighted by molar-refractivity contribution is -0.129. The van der Waals surface area contributed by atoms with Gasteiger partial charge in [0.2, 0.25) is 5.91 Å². The standard InChI is InChI=1S/C14H19N3OS/c1-10-3-4-12(14(15)19)13(9-10)17-7-5-16(6-8-17)11(2)18/h3-4,9H,5-8H2,1-2H3,(H2,15,19). The van der Waals surface area contributed by atoms with E-state index in [1.165, 1.54) is 5.56 Å². The first kappa shape index (κ1) is 13.8. The summed E-state index contributed by atoms with van der Waals surface area (Å²) >= 11 is 5.11. The summed E-state index contributed by atoms with van der Waals surface area (Å²) in [5.74, 6) is 0.137. The molecule has 1 amide bonds. The highest BCUT2D eigenvalue weighted by atomic mass is 32.1. The molecule has 1 fully saturated rings. The summed E-state index contributed by atoms with van der Waals surface area (Å²) in [6, 6.07) is 6.10. The lowest BCUT2D eigenvalue weighted by Gasteiger charge is -2.36. The van der Waals surface area contributed by atoms with Gasteiger partial charge in [0, 0.05) is 44.4 Å². The van der Waals surface area contributed by atoms with Crippen LogP contribution in [-0.2, 0) is 4.79 Å². The van der Waals surface area contributed by atoms with Crippen LogP contribution in [0.25, 0.3) is 0 Å². The number of amides is 1. The van der Waals surface area contributed by atoms with Crippen LogP contribution >= 0.6 is 12.2 Å². The number of carbonyl (C=O) groups is 1. The maximum absolute atomic E-state index is 11.3. The number of piperazine rings is 1. The zero-order chi connectivity index (χ0) is 14.0. The Balaban J connectivity index is 2.21. The van der Waals surface area contributed by atoms with Gasteiger partial charge in [0.1, 0.15) is 4.99 Å². The minimum Gasteiger partial charge on any atom is -0.389 e. The number of hydrogen-bond donors (Lipinski definition) is 1. The lowest BCUT2D eigenvalue weighted by atomic mass is 10.1. The van der Waals surface area contributed by atoms with E-state index in [0.29, 0.717) is 4.99 Å². The third-order valence-electron chi connectivity index (χ3n) is 3.48.